The lowest BCUT2D eigenvalue weighted by Crippen LogP contribution is -2.39. The first-order valence-corrected chi connectivity index (χ1v) is 6.92. The smallest absolute Gasteiger partial charge is 0.145 e. The number of rotatable bonds is 6. The fourth-order valence-electron chi connectivity index (χ4n) is 2.20. The lowest BCUT2D eigenvalue weighted by atomic mass is 10.0. The Morgan fingerprint density at radius 3 is 2.95 bits per heavy atom. The second-order valence-corrected chi connectivity index (χ2v) is 5.02. The van der Waals surface area contributed by atoms with E-state index >= 15 is 0 Å². The van der Waals surface area contributed by atoms with E-state index in [0.29, 0.717) is 18.4 Å². The predicted octanol–water partition coefficient (Wildman–Crippen LogP) is 2.31. The Kier molecular flexibility index (Phi) is 5.11. The molecule has 0 fully saturated rings. The summed E-state index contributed by atoms with van der Waals surface area (Å²) < 4.78 is 15.9. The minimum absolute atomic E-state index is 0.101. The third kappa shape index (κ3) is 3.36. The molecular weight excluding hydrogens is 279 g/mol. The van der Waals surface area contributed by atoms with Gasteiger partial charge in [-0.25, -0.2) is 9.37 Å². The van der Waals surface area contributed by atoms with E-state index in [1.165, 1.54) is 6.07 Å². The second-order valence-electron chi connectivity index (χ2n) is 4.61. The highest BCUT2D eigenvalue weighted by atomic mass is 35.5. The van der Waals surface area contributed by atoms with Gasteiger partial charge in [0.25, 0.3) is 0 Å². The summed E-state index contributed by atoms with van der Waals surface area (Å²) >= 11 is 5.79. The molecule has 0 saturated heterocycles. The highest BCUT2D eigenvalue weighted by Gasteiger charge is 2.15. The van der Waals surface area contributed by atoms with Crippen LogP contribution in [-0.4, -0.2) is 15.6 Å². The number of nitrogens with two attached hydrogens (primary N) is 1. The molecular formula is C14H18ClFN4. The summed E-state index contributed by atoms with van der Waals surface area (Å²) in [6.07, 6.45) is 4.76. The molecule has 1 heterocycles. The van der Waals surface area contributed by atoms with Crippen LogP contribution in [0.3, 0.4) is 0 Å². The minimum Gasteiger partial charge on any atom is -0.335 e. The first kappa shape index (κ1) is 15.0. The molecule has 1 unspecified atom stereocenters. The summed E-state index contributed by atoms with van der Waals surface area (Å²) in [5, 5.41) is 0.133. The Morgan fingerprint density at radius 1 is 1.45 bits per heavy atom. The Hall–Kier alpha value is -1.43. The highest BCUT2D eigenvalue weighted by molar-refractivity contribution is 6.30. The van der Waals surface area contributed by atoms with E-state index in [4.69, 9.17) is 17.4 Å². The zero-order valence-electron chi connectivity index (χ0n) is 11.3. The standard InChI is InChI=1S/C14H18ClFN4/c1-2-20-7-6-18-13(20)9-11(19-17)8-10-4-3-5-12(15)14(10)16/h3-7,11,19H,2,8-9,17H2,1H3. The molecule has 0 spiro atoms. The Bertz CT molecular complexity index is 570. The molecule has 1 atom stereocenters. The van der Waals surface area contributed by atoms with Crippen molar-refractivity contribution in [1.29, 1.82) is 0 Å². The second kappa shape index (κ2) is 6.83. The van der Waals surface area contributed by atoms with Crippen molar-refractivity contribution in [3.8, 4) is 0 Å². The van der Waals surface area contributed by atoms with E-state index < -0.39 is 0 Å². The SMILES string of the molecule is CCn1ccnc1CC(Cc1cccc(Cl)c1F)NN. The third-order valence-corrected chi connectivity index (χ3v) is 3.60. The molecule has 2 aromatic rings. The fraction of sp³-hybridized carbons (Fsp3) is 0.357. The van der Waals surface area contributed by atoms with Crippen LogP contribution in [0.1, 0.15) is 18.3 Å². The van der Waals surface area contributed by atoms with E-state index in [2.05, 4.69) is 10.4 Å². The number of hydrazine groups is 1. The number of hydrogen-bond donors (Lipinski definition) is 2. The van der Waals surface area contributed by atoms with Gasteiger partial charge in [0.1, 0.15) is 11.6 Å². The average Bonchev–Trinajstić information content (AvgIpc) is 2.90. The topological polar surface area (TPSA) is 55.9 Å². The number of imidazole rings is 1. The molecule has 2 rings (SSSR count). The van der Waals surface area contributed by atoms with E-state index in [9.17, 15) is 4.39 Å². The van der Waals surface area contributed by atoms with E-state index in [1.807, 2.05) is 17.7 Å². The molecule has 1 aromatic heterocycles. The van der Waals surface area contributed by atoms with Crippen molar-refractivity contribution in [3.05, 3.63) is 52.8 Å². The molecule has 0 saturated carbocycles. The van der Waals surface area contributed by atoms with Crippen molar-refractivity contribution in [1.82, 2.24) is 15.0 Å². The average molecular weight is 297 g/mol. The molecule has 20 heavy (non-hydrogen) atoms. The van der Waals surface area contributed by atoms with Gasteiger partial charge in [-0.2, -0.15) is 0 Å². The van der Waals surface area contributed by atoms with Crippen molar-refractivity contribution < 1.29 is 4.39 Å². The van der Waals surface area contributed by atoms with Gasteiger partial charge in [0, 0.05) is 31.4 Å². The Balaban J connectivity index is 2.11. The Morgan fingerprint density at radius 2 is 2.25 bits per heavy atom. The number of nitrogens with one attached hydrogen (secondary N) is 1. The maximum Gasteiger partial charge on any atom is 0.145 e. The minimum atomic E-state index is -0.381. The van der Waals surface area contributed by atoms with Crippen LogP contribution in [-0.2, 0) is 19.4 Å². The monoisotopic (exact) mass is 296 g/mol. The van der Waals surface area contributed by atoms with Crippen molar-refractivity contribution in [2.75, 3.05) is 0 Å². The molecule has 1 aromatic carbocycles. The van der Waals surface area contributed by atoms with Crippen LogP contribution >= 0.6 is 11.6 Å². The van der Waals surface area contributed by atoms with Gasteiger partial charge < -0.3 is 4.57 Å². The molecule has 0 aliphatic carbocycles. The molecule has 3 N–H and O–H groups in total. The van der Waals surface area contributed by atoms with Gasteiger partial charge in [-0.15, -0.1) is 0 Å². The number of halogens is 2. The fourth-order valence-corrected chi connectivity index (χ4v) is 2.39. The summed E-state index contributed by atoms with van der Waals surface area (Å²) in [6, 6.07) is 4.89. The normalized spacial score (nSPS) is 12.6. The summed E-state index contributed by atoms with van der Waals surface area (Å²) in [7, 11) is 0. The van der Waals surface area contributed by atoms with Gasteiger partial charge in [0.2, 0.25) is 0 Å². The van der Waals surface area contributed by atoms with E-state index in [1.54, 1.807) is 18.3 Å². The van der Waals surface area contributed by atoms with Crippen LogP contribution in [0.2, 0.25) is 5.02 Å². The van der Waals surface area contributed by atoms with Gasteiger partial charge in [-0.3, -0.25) is 11.3 Å². The first-order valence-electron chi connectivity index (χ1n) is 6.54. The van der Waals surface area contributed by atoms with Crippen LogP contribution < -0.4 is 11.3 Å². The van der Waals surface area contributed by atoms with Gasteiger partial charge >= 0.3 is 0 Å². The van der Waals surface area contributed by atoms with E-state index in [0.717, 1.165) is 12.4 Å². The van der Waals surface area contributed by atoms with Gasteiger partial charge in [0.15, 0.2) is 0 Å². The molecule has 4 nitrogen and oxygen atoms in total. The quantitative estimate of drug-likeness (QED) is 0.635. The number of hydrogen-bond acceptors (Lipinski definition) is 3. The summed E-state index contributed by atoms with van der Waals surface area (Å²) in [6.45, 7) is 2.89. The molecule has 6 heteroatoms. The van der Waals surface area contributed by atoms with Crippen LogP contribution in [0.4, 0.5) is 4.39 Å². The van der Waals surface area contributed by atoms with E-state index in [-0.39, 0.29) is 16.9 Å². The summed E-state index contributed by atoms with van der Waals surface area (Å²) in [4.78, 5) is 4.30. The van der Waals surface area contributed by atoms with Crippen LogP contribution in [0.15, 0.2) is 30.6 Å². The van der Waals surface area contributed by atoms with Crippen LogP contribution in [0.5, 0.6) is 0 Å². The van der Waals surface area contributed by atoms with Gasteiger partial charge in [-0.1, -0.05) is 23.7 Å². The zero-order valence-corrected chi connectivity index (χ0v) is 12.1. The van der Waals surface area contributed by atoms with Crippen molar-refractivity contribution in [2.24, 2.45) is 5.84 Å². The maximum atomic E-state index is 13.9. The lowest BCUT2D eigenvalue weighted by Gasteiger charge is -2.17. The summed E-state index contributed by atoms with van der Waals surface area (Å²) in [5.41, 5.74) is 3.27. The van der Waals surface area contributed by atoms with Crippen molar-refractivity contribution in [3.63, 3.8) is 0 Å². The Labute approximate surface area is 122 Å². The number of aromatic nitrogens is 2. The molecule has 0 radical (unpaired) electrons. The van der Waals surface area contributed by atoms with Crippen LogP contribution in [0, 0.1) is 5.82 Å². The number of aryl methyl sites for hydroxylation is 1. The van der Waals surface area contributed by atoms with Gasteiger partial charge in [0.05, 0.1) is 5.02 Å². The van der Waals surface area contributed by atoms with Gasteiger partial charge in [-0.05, 0) is 25.0 Å². The molecule has 0 aliphatic heterocycles. The van der Waals surface area contributed by atoms with Crippen LogP contribution in [0.25, 0.3) is 0 Å². The molecule has 0 aliphatic rings. The molecule has 0 bridgehead atoms. The highest BCUT2D eigenvalue weighted by Crippen LogP contribution is 2.19. The first-order chi connectivity index (χ1) is 9.65. The largest absolute Gasteiger partial charge is 0.335 e. The third-order valence-electron chi connectivity index (χ3n) is 3.30. The van der Waals surface area contributed by atoms with Crippen molar-refractivity contribution in [2.45, 2.75) is 32.4 Å². The molecule has 0 amide bonds. The predicted molar refractivity (Wildman–Crippen MR) is 77.8 cm³/mol. The lowest BCUT2D eigenvalue weighted by molar-refractivity contribution is 0.488. The summed E-state index contributed by atoms with van der Waals surface area (Å²) in [5.74, 6) is 6.12. The number of nitrogens with zero attached hydrogens (tertiary/aromatic N) is 2. The number of benzene rings is 1. The zero-order chi connectivity index (χ0) is 14.5. The molecule has 108 valence electrons. The maximum absolute atomic E-state index is 13.9. The van der Waals surface area contributed by atoms with Crippen molar-refractivity contribution >= 4 is 11.6 Å².